The van der Waals surface area contributed by atoms with Crippen LogP contribution in [0.1, 0.15) is 63.4 Å². The fourth-order valence-electron chi connectivity index (χ4n) is 5.11. The normalized spacial score (nSPS) is 19.7. The highest BCUT2D eigenvalue weighted by Crippen LogP contribution is 2.31. The van der Waals surface area contributed by atoms with Gasteiger partial charge in [-0.1, -0.05) is 14.0 Å². The summed E-state index contributed by atoms with van der Waals surface area (Å²) in [6, 6.07) is 0. The van der Waals surface area contributed by atoms with Crippen LogP contribution in [0.4, 0.5) is 0 Å². The highest BCUT2D eigenvalue weighted by molar-refractivity contribution is 5.24. The van der Waals surface area contributed by atoms with Crippen LogP contribution in [0.3, 0.4) is 0 Å². The van der Waals surface area contributed by atoms with Crippen LogP contribution in [0.25, 0.3) is 0 Å². The first kappa shape index (κ1) is 15.9. The molecular weight excluding hydrogens is 324 g/mol. The van der Waals surface area contributed by atoms with Crippen LogP contribution in [0.2, 0.25) is 0 Å². The quantitative estimate of drug-likeness (QED) is 0.377. The molecule has 2 bridgehead atoms. The molecule has 0 N–H and O–H groups in total. The lowest BCUT2D eigenvalue weighted by molar-refractivity contribution is -1.21. The van der Waals surface area contributed by atoms with Crippen LogP contribution in [0.5, 0.6) is 0 Å². The van der Waals surface area contributed by atoms with Crippen molar-refractivity contribution in [1.82, 2.24) is 14.0 Å². The molecule has 0 saturated heterocycles. The van der Waals surface area contributed by atoms with E-state index in [1.54, 1.807) is 0 Å². The second-order valence-corrected chi connectivity index (χ2v) is 8.15. The van der Waals surface area contributed by atoms with Gasteiger partial charge < -0.3 is 0 Å². The Bertz CT molecular complexity index is 911. The van der Waals surface area contributed by atoms with E-state index < -0.39 is 0 Å². The Hall–Kier alpha value is -2.37. The fourth-order valence-corrected chi connectivity index (χ4v) is 5.11. The molecule has 0 fully saturated rings. The van der Waals surface area contributed by atoms with Gasteiger partial charge in [-0.05, 0) is 41.5 Å². The molecule has 0 unspecified atom stereocenters. The third kappa shape index (κ3) is 1.38. The highest BCUT2D eigenvalue weighted by Gasteiger charge is 2.65. The summed E-state index contributed by atoms with van der Waals surface area (Å²) in [6.45, 7) is 20.3. The molecule has 136 valence electrons. The molecular formula is C20H29N6+3. The summed E-state index contributed by atoms with van der Waals surface area (Å²) in [7, 11) is 0. The Morgan fingerprint density at radius 3 is 1.04 bits per heavy atom. The third-order valence-corrected chi connectivity index (χ3v) is 7.33. The van der Waals surface area contributed by atoms with Crippen molar-refractivity contribution >= 4 is 0 Å². The zero-order valence-electron chi connectivity index (χ0n) is 17.3. The lowest BCUT2D eigenvalue weighted by atomic mass is 10.2. The van der Waals surface area contributed by atoms with Gasteiger partial charge in [0.05, 0.1) is 17.1 Å². The molecule has 0 saturated carbocycles. The van der Waals surface area contributed by atoms with Gasteiger partial charge in [0, 0.05) is 51.5 Å². The summed E-state index contributed by atoms with van der Waals surface area (Å²) < 4.78 is 15.0. The van der Waals surface area contributed by atoms with E-state index in [4.69, 9.17) is 0 Å². The van der Waals surface area contributed by atoms with Crippen molar-refractivity contribution in [2.24, 2.45) is 0 Å². The number of rotatable bonds is 0. The van der Waals surface area contributed by atoms with Crippen LogP contribution in [0, 0.1) is 62.3 Å². The van der Waals surface area contributed by atoms with Crippen molar-refractivity contribution in [2.45, 2.75) is 74.9 Å². The average Bonchev–Trinajstić information content (AvgIpc) is 3.11. The Balaban J connectivity index is 2.02. The summed E-state index contributed by atoms with van der Waals surface area (Å²) in [5.41, 5.74) is 12.3. The molecule has 26 heavy (non-hydrogen) atoms. The molecule has 0 spiro atoms. The molecule has 6 heterocycles. The monoisotopic (exact) mass is 353 g/mol. The minimum atomic E-state index is 0.0900. The number of hydrogen-bond acceptors (Lipinski definition) is 0. The molecule has 0 atom stereocenters. The zero-order valence-corrected chi connectivity index (χ0v) is 17.3. The van der Waals surface area contributed by atoms with Crippen molar-refractivity contribution < 1.29 is 14.0 Å². The Morgan fingerprint density at radius 2 is 0.769 bits per heavy atom. The molecule has 0 aliphatic carbocycles. The van der Waals surface area contributed by atoms with Crippen molar-refractivity contribution in [2.75, 3.05) is 0 Å². The van der Waals surface area contributed by atoms with Crippen LogP contribution in [-0.2, 0) is 0 Å². The third-order valence-electron chi connectivity index (χ3n) is 7.33. The average molecular weight is 353 g/mol. The van der Waals surface area contributed by atoms with Crippen LogP contribution in [0.15, 0.2) is 0 Å². The first-order valence-corrected chi connectivity index (χ1v) is 9.49. The summed E-state index contributed by atoms with van der Waals surface area (Å²) in [5, 5.41) is 0. The van der Waals surface area contributed by atoms with Gasteiger partial charge in [0.15, 0.2) is 0 Å². The van der Waals surface area contributed by atoms with E-state index >= 15 is 0 Å². The van der Waals surface area contributed by atoms with E-state index in [1.807, 2.05) is 0 Å². The number of hydrogen-bond donors (Lipinski definition) is 0. The Morgan fingerprint density at radius 1 is 0.500 bits per heavy atom. The molecule has 0 aromatic carbocycles. The van der Waals surface area contributed by atoms with Crippen LogP contribution in [-0.4, -0.2) is 14.0 Å². The largest absolute Gasteiger partial charge is 0.616 e. The van der Waals surface area contributed by atoms with Crippen molar-refractivity contribution in [1.29, 1.82) is 0 Å². The zero-order chi connectivity index (χ0) is 18.8. The molecule has 6 rings (SSSR count). The van der Waals surface area contributed by atoms with Gasteiger partial charge in [0.1, 0.15) is 0 Å². The molecule has 3 aliphatic rings. The van der Waals surface area contributed by atoms with Crippen molar-refractivity contribution in [3.05, 3.63) is 50.9 Å². The van der Waals surface area contributed by atoms with Gasteiger partial charge in [-0.3, -0.25) is 0 Å². The van der Waals surface area contributed by atoms with E-state index in [-0.39, 0.29) is 12.6 Å². The topological polar surface area (TPSA) is 26.4 Å². The number of aromatic nitrogens is 6. The maximum atomic E-state index is 2.49. The maximum Gasteiger partial charge on any atom is 0.616 e. The first-order valence-electron chi connectivity index (χ1n) is 9.49. The maximum absolute atomic E-state index is 2.49. The second-order valence-electron chi connectivity index (χ2n) is 8.15. The van der Waals surface area contributed by atoms with Crippen molar-refractivity contribution in [3.63, 3.8) is 0 Å². The van der Waals surface area contributed by atoms with Crippen molar-refractivity contribution in [3.8, 4) is 0 Å². The van der Waals surface area contributed by atoms with E-state index in [0.717, 1.165) is 0 Å². The second kappa shape index (κ2) is 4.48. The predicted molar refractivity (Wildman–Crippen MR) is 96.2 cm³/mol. The van der Waals surface area contributed by atoms with Gasteiger partial charge in [-0.25, -0.2) is 0 Å². The standard InChI is InChI=1S/C20H29N6/c1-10-13(4)21-19-23-15(6)11(2)16(7)24(23)20(22(21)14(10)5)26-18(9)12(3)17(8)25(19)26/h19-20H,1-9H3/q+3. The minimum absolute atomic E-state index is 0.0900. The van der Waals surface area contributed by atoms with Gasteiger partial charge in [0.25, 0.3) is 0 Å². The molecule has 3 aromatic rings. The first-order chi connectivity index (χ1) is 12.2. The summed E-state index contributed by atoms with van der Waals surface area (Å²) in [6.07, 6.45) is 0.180. The van der Waals surface area contributed by atoms with Gasteiger partial charge >= 0.3 is 12.6 Å². The molecule has 0 amide bonds. The lowest BCUT2D eigenvalue weighted by Gasteiger charge is -2.28. The lowest BCUT2D eigenvalue weighted by Crippen LogP contribution is -2.88. The van der Waals surface area contributed by atoms with E-state index in [9.17, 15) is 0 Å². The van der Waals surface area contributed by atoms with E-state index in [2.05, 4.69) is 90.4 Å². The molecule has 0 radical (unpaired) electrons. The number of nitrogens with zero attached hydrogens (tertiary/aromatic N) is 6. The summed E-state index contributed by atoms with van der Waals surface area (Å²) in [5.74, 6) is 0. The summed E-state index contributed by atoms with van der Waals surface area (Å²) >= 11 is 0. The Labute approximate surface area is 154 Å². The van der Waals surface area contributed by atoms with E-state index in [1.165, 1.54) is 50.9 Å². The molecule has 3 aliphatic heterocycles. The molecule has 6 heteroatoms. The molecule has 3 aromatic heterocycles. The summed E-state index contributed by atoms with van der Waals surface area (Å²) in [4.78, 5) is 0. The van der Waals surface area contributed by atoms with Crippen LogP contribution < -0.4 is 14.0 Å². The highest BCUT2D eigenvalue weighted by atomic mass is 15.8. The predicted octanol–water partition coefficient (Wildman–Crippen LogP) is 1.46. The fraction of sp³-hybridized carbons (Fsp3) is 0.550. The SMILES string of the molecule is Cc1c(C)n2[n+](c1C)C1[n+]3c(C)c(C)c(C)n3C2n2c(C)c(C)c(C)[n+]21. The smallest absolute Gasteiger partial charge is 0.0903 e. The Kier molecular flexibility index (Phi) is 2.73. The minimum Gasteiger partial charge on any atom is -0.0903 e. The molecule has 6 nitrogen and oxygen atoms in total. The van der Waals surface area contributed by atoms with Gasteiger partial charge in [-0.15, -0.1) is 0 Å². The van der Waals surface area contributed by atoms with E-state index in [0.29, 0.717) is 0 Å². The van der Waals surface area contributed by atoms with Gasteiger partial charge in [0.2, 0.25) is 17.1 Å². The van der Waals surface area contributed by atoms with Crippen LogP contribution >= 0.6 is 0 Å². The van der Waals surface area contributed by atoms with Gasteiger partial charge in [-0.2, -0.15) is 0 Å².